The second kappa shape index (κ2) is 19.6. The minimum absolute atomic E-state index is 0.500. The van der Waals surface area contributed by atoms with E-state index in [4.69, 9.17) is 0 Å². The van der Waals surface area contributed by atoms with E-state index in [-0.39, 0.29) is 0 Å². The van der Waals surface area contributed by atoms with Crippen molar-refractivity contribution >= 4 is 11.6 Å². The fourth-order valence-corrected chi connectivity index (χ4v) is 4.37. The van der Waals surface area contributed by atoms with Gasteiger partial charge < -0.3 is 0 Å². The van der Waals surface area contributed by atoms with Crippen LogP contribution in [0.1, 0.15) is 154 Å². The summed E-state index contributed by atoms with van der Waals surface area (Å²) >= 11 is 0. The van der Waals surface area contributed by atoms with Gasteiger partial charge in [0, 0.05) is 25.7 Å². The summed E-state index contributed by atoms with van der Waals surface area (Å²) in [6, 6.07) is 0. The van der Waals surface area contributed by atoms with Crippen LogP contribution in [0.15, 0.2) is 0 Å². The molecule has 0 aromatic heterocycles. The van der Waals surface area contributed by atoms with Crippen LogP contribution in [0.25, 0.3) is 0 Å². The molecule has 164 valence electrons. The smallest absolute Gasteiger partial charge is 0.132 e. The van der Waals surface area contributed by atoms with E-state index >= 15 is 0 Å². The molecule has 1 saturated carbocycles. The second-order valence-corrected chi connectivity index (χ2v) is 9.15. The van der Waals surface area contributed by atoms with Gasteiger partial charge in [0.15, 0.2) is 0 Å². The van der Waals surface area contributed by atoms with E-state index in [1.807, 2.05) is 0 Å². The van der Waals surface area contributed by atoms with Gasteiger partial charge in [0.1, 0.15) is 11.6 Å². The average Bonchev–Trinajstić information content (AvgIpc) is 2.69. The van der Waals surface area contributed by atoms with Crippen LogP contribution in [0.4, 0.5) is 0 Å². The monoisotopic (exact) mass is 392 g/mol. The lowest BCUT2D eigenvalue weighted by molar-refractivity contribution is -0.120. The predicted octanol–water partition coefficient (Wildman–Crippen LogP) is 8.50. The van der Waals surface area contributed by atoms with Crippen molar-refractivity contribution in [2.75, 3.05) is 0 Å². The van der Waals surface area contributed by atoms with Crippen molar-refractivity contribution in [3.05, 3.63) is 0 Å². The topological polar surface area (TPSA) is 34.1 Å². The van der Waals surface area contributed by atoms with Gasteiger partial charge in [0.2, 0.25) is 0 Å². The lowest BCUT2D eigenvalue weighted by Crippen LogP contribution is -1.98. The van der Waals surface area contributed by atoms with Crippen LogP contribution >= 0.6 is 0 Å². The molecule has 0 unspecified atom stereocenters. The summed E-state index contributed by atoms with van der Waals surface area (Å²) in [5.41, 5.74) is 0. The van der Waals surface area contributed by atoms with Crippen LogP contribution in [0.3, 0.4) is 0 Å². The highest BCUT2D eigenvalue weighted by Crippen LogP contribution is 2.16. The van der Waals surface area contributed by atoms with Gasteiger partial charge in [-0.15, -0.1) is 0 Å². The molecule has 1 rings (SSSR count). The number of rotatable bonds is 0. The molecule has 1 aliphatic carbocycles. The minimum Gasteiger partial charge on any atom is -0.300 e. The molecule has 0 aromatic carbocycles. The van der Waals surface area contributed by atoms with Crippen LogP contribution < -0.4 is 0 Å². The van der Waals surface area contributed by atoms with E-state index in [9.17, 15) is 9.59 Å². The van der Waals surface area contributed by atoms with E-state index in [0.29, 0.717) is 11.6 Å². The fraction of sp³-hybridized carbons (Fsp3) is 0.923. The van der Waals surface area contributed by atoms with Crippen molar-refractivity contribution in [2.24, 2.45) is 0 Å². The fourth-order valence-electron chi connectivity index (χ4n) is 4.37. The van der Waals surface area contributed by atoms with E-state index < -0.39 is 0 Å². The zero-order chi connectivity index (χ0) is 20.1. The van der Waals surface area contributed by atoms with Crippen LogP contribution in [0.5, 0.6) is 0 Å². The molecule has 0 heterocycles. The van der Waals surface area contributed by atoms with Gasteiger partial charge in [0.05, 0.1) is 0 Å². The summed E-state index contributed by atoms with van der Waals surface area (Å²) in [5.74, 6) is 1.000. The van der Waals surface area contributed by atoms with Crippen LogP contribution in [0, 0.1) is 0 Å². The third-order valence-corrected chi connectivity index (χ3v) is 6.32. The molecule has 0 spiro atoms. The molecule has 0 N–H and O–H groups in total. The molecule has 0 bridgehead atoms. The highest BCUT2D eigenvalue weighted by Gasteiger charge is 2.04. The van der Waals surface area contributed by atoms with E-state index in [1.165, 1.54) is 103 Å². The second-order valence-electron chi connectivity index (χ2n) is 9.15. The number of Topliss-reactive ketones (excluding diaryl/α,β-unsaturated/α-hetero) is 2. The van der Waals surface area contributed by atoms with Gasteiger partial charge in [-0.1, -0.05) is 103 Å². The van der Waals surface area contributed by atoms with Gasteiger partial charge in [-0.05, 0) is 25.7 Å². The largest absolute Gasteiger partial charge is 0.300 e. The highest BCUT2D eigenvalue weighted by molar-refractivity contribution is 5.78. The Hall–Kier alpha value is -0.660. The van der Waals surface area contributed by atoms with E-state index in [0.717, 1.165) is 51.4 Å². The molecule has 28 heavy (non-hydrogen) atoms. The number of carbonyl (C=O) groups is 2. The van der Waals surface area contributed by atoms with E-state index in [2.05, 4.69) is 0 Å². The first-order valence-corrected chi connectivity index (χ1v) is 12.8. The van der Waals surface area contributed by atoms with Crippen molar-refractivity contribution in [3.8, 4) is 0 Å². The molecule has 2 nitrogen and oxygen atoms in total. The molecule has 0 aromatic rings. The standard InChI is InChI=1S/C26H48O2/c27-25-21-17-13-9-5-1-2-6-10-14-18-22-26(28)24-20-16-12-8-4-3-7-11-15-19-23-25/h1-24H2. The number of carbonyl (C=O) groups excluding carboxylic acids is 2. The number of ketones is 2. The maximum absolute atomic E-state index is 11.9. The number of hydrogen-bond donors (Lipinski definition) is 0. The molecule has 0 radical (unpaired) electrons. The molecule has 0 saturated heterocycles. The first-order chi connectivity index (χ1) is 13.8. The first-order valence-electron chi connectivity index (χ1n) is 12.8. The van der Waals surface area contributed by atoms with Gasteiger partial charge >= 0.3 is 0 Å². The highest BCUT2D eigenvalue weighted by atomic mass is 16.1. The summed E-state index contributed by atoms with van der Waals surface area (Å²) in [6.45, 7) is 0. The Bertz CT molecular complexity index is 307. The maximum Gasteiger partial charge on any atom is 0.132 e. The van der Waals surface area contributed by atoms with Crippen LogP contribution in [-0.4, -0.2) is 11.6 Å². The molecule has 0 aliphatic heterocycles. The lowest BCUT2D eigenvalue weighted by atomic mass is 10.0. The maximum atomic E-state index is 11.9. The van der Waals surface area contributed by atoms with Gasteiger partial charge in [0.25, 0.3) is 0 Å². The molecular weight excluding hydrogens is 344 g/mol. The Kier molecular flexibility index (Phi) is 17.8. The molecule has 1 aliphatic rings. The molecule has 0 amide bonds. The Morgan fingerprint density at radius 2 is 0.393 bits per heavy atom. The van der Waals surface area contributed by atoms with Gasteiger partial charge in [-0.2, -0.15) is 0 Å². The Morgan fingerprint density at radius 3 is 0.571 bits per heavy atom. The minimum atomic E-state index is 0.500. The Balaban J connectivity index is 2.14. The van der Waals surface area contributed by atoms with Crippen molar-refractivity contribution < 1.29 is 9.59 Å². The van der Waals surface area contributed by atoms with Gasteiger partial charge in [-0.3, -0.25) is 9.59 Å². The Labute approximate surface area is 175 Å². The normalized spacial score (nSPS) is 23.3. The first kappa shape index (κ1) is 25.4. The summed E-state index contributed by atoms with van der Waals surface area (Å²) in [4.78, 5) is 23.9. The van der Waals surface area contributed by atoms with Gasteiger partial charge in [-0.25, -0.2) is 0 Å². The lowest BCUT2D eigenvalue weighted by Gasteiger charge is -2.05. The zero-order valence-electron chi connectivity index (χ0n) is 18.8. The van der Waals surface area contributed by atoms with Crippen molar-refractivity contribution in [1.82, 2.24) is 0 Å². The van der Waals surface area contributed by atoms with Crippen molar-refractivity contribution in [1.29, 1.82) is 0 Å². The van der Waals surface area contributed by atoms with Crippen LogP contribution in [0.2, 0.25) is 0 Å². The number of hydrogen-bond acceptors (Lipinski definition) is 2. The third-order valence-electron chi connectivity index (χ3n) is 6.32. The molecular formula is C26H48O2. The quantitative estimate of drug-likeness (QED) is 0.414. The summed E-state index contributed by atoms with van der Waals surface area (Å²) in [7, 11) is 0. The predicted molar refractivity (Wildman–Crippen MR) is 121 cm³/mol. The zero-order valence-corrected chi connectivity index (χ0v) is 18.8. The Morgan fingerprint density at radius 1 is 0.250 bits per heavy atom. The summed E-state index contributed by atoms with van der Waals surface area (Å²) in [5, 5.41) is 0. The van der Waals surface area contributed by atoms with Crippen molar-refractivity contribution in [3.63, 3.8) is 0 Å². The summed E-state index contributed by atoms with van der Waals surface area (Å²) < 4.78 is 0. The molecule has 2 heteroatoms. The SMILES string of the molecule is O=C1CCCCCCCCCCCCC(=O)CCCCCCCCCCCC1. The summed E-state index contributed by atoms with van der Waals surface area (Å²) in [6.07, 6.45) is 28.4. The van der Waals surface area contributed by atoms with E-state index in [1.54, 1.807) is 0 Å². The average molecular weight is 393 g/mol. The third kappa shape index (κ3) is 17.4. The molecule has 0 atom stereocenters. The van der Waals surface area contributed by atoms with Crippen LogP contribution in [-0.2, 0) is 9.59 Å². The molecule has 1 fully saturated rings. The van der Waals surface area contributed by atoms with Crippen molar-refractivity contribution in [2.45, 2.75) is 154 Å².